The predicted octanol–water partition coefficient (Wildman–Crippen LogP) is -0.517. The van der Waals surface area contributed by atoms with Crippen molar-refractivity contribution in [2.45, 2.75) is 25.9 Å². The van der Waals surface area contributed by atoms with E-state index in [0.717, 1.165) is 12.8 Å². The summed E-state index contributed by atoms with van der Waals surface area (Å²) in [4.78, 5) is 0. The Kier molecular flexibility index (Phi) is 6.41. The lowest BCUT2D eigenvalue weighted by atomic mass is 10.2. The van der Waals surface area contributed by atoms with Gasteiger partial charge in [-0.3, -0.25) is 0 Å². The van der Waals surface area contributed by atoms with Crippen LogP contribution < -0.4 is 11.1 Å². The van der Waals surface area contributed by atoms with E-state index in [1.54, 1.807) is 0 Å². The Morgan fingerprint density at radius 1 is 1.67 bits per heavy atom. The van der Waals surface area contributed by atoms with Crippen LogP contribution in [0.2, 0.25) is 0 Å². The molecule has 0 amide bonds. The third kappa shape index (κ3) is 5.94. The average Bonchev–Trinajstić information content (AvgIpc) is 2.04. The van der Waals surface area contributed by atoms with Gasteiger partial charge in [0.25, 0.3) is 0 Å². The number of amidine groups is 1. The van der Waals surface area contributed by atoms with Crippen molar-refractivity contribution in [2.24, 2.45) is 10.9 Å². The van der Waals surface area contributed by atoms with Crippen LogP contribution in [-0.4, -0.2) is 35.3 Å². The maximum absolute atomic E-state index is 9.23. The Bertz CT molecular complexity index is 139. The second-order valence-corrected chi connectivity index (χ2v) is 2.66. The number of nitrogens with two attached hydrogens (primary N) is 1. The minimum atomic E-state index is -0.346. The minimum absolute atomic E-state index is 0.124. The van der Waals surface area contributed by atoms with Gasteiger partial charge in [-0.05, 0) is 6.42 Å². The van der Waals surface area contributed by atoms with E-state index in [4.69, 9.17) is 10.9 Å². The zero-order chi connectivity index (χ0) is 9.40. The van der Waals surface area contributed by atoms with E-state index in [1.807, 2.05) is 6.92 Å². The fourth-order valence-corrected chi connectivity index (χ4v) is 0.837. The summed E-state index contributed by atoms with van der Waals surface area (Å²) >= 11 is 0. The van der Waals surface area contributed by atoms with Gasteiger partial charge in [0, 0.05) is 6.54 Å². The zero-order valence-corrected chi connectivity index (χ0v) is 7.32. The maximum Gasteiger partial charge on any atom is 0.153 e. The standard InChI is InChI=1S/C7H17N3O2/c1-2-3-6(11)4-9-5-7(8)10-12/h6,9,11-12H,2-5H2,1H3,(H2,8,10). The molecule has 0 heterocycles. The number of aliphatic hydroxyl groups is 1. The average molecular weight is 175 g/mol. The summed E-state index contributed by atoms with van der Waals surface area (Å²) in [5, 5.41) is 23.0. The Hall–Kier alpha value is -0.810. The highest BCUT2D eigenvalue weighted by atomic mass is 16.4. The summed E-state index contributed by atoms with van der Waals surface area (Å²) in [6, 6.07) is 0. The topological polar surface area (TPSA) is 90.9 Å². The molecule has 0 saturated heterocycles. The molecule has 0 spiro atoms. The first-order valence-corrected chi connectivity index (χ1v) is 4.05. The van der Waals surface area contributed by atoms with Crippen LogP contribution in [-0.2, 0) is 0 Å². The quantitative estimate of drug-likeness (QED) is 0.189. The number of hydrogen-bond acceptors (Lipinski definition) is 4. The Labute approximate surface area is 72.3 Å². The molecule has 1 unspecified atom stereocenters. The number of oxime groups is 1. The molecule has 1 atom stereocenters. The van der Waals surface area contributed by atoms with Crippen LogP contribution in [0.25, 0.3) is 0 Å². The Morgan fingerprint density at radius 3 is 2.83 bits per heavy atom. The first-order valence-electron chi connectivity index (χ1n) is 4.05. The summed E-state index contributed by atoms with van der Waals surface area (Å²) in [6.07, 6.45) is 1.37. The Morgan fingerprint density at radius 2 is 2.33 bits per heavy atom. The van der Waals surface area contributed by atoms with Crippen molar-refractivity contribution in [1.82, 2.24) is 5.32 Å². The van der Waals surface area contributed by atoms with Gasteiger partial charge in [0.1, 0.15) is 0 Å². The van der Waals surface area contributed by atoms with Crippen molar-refractivity contribution in [3.63, 3.8) is 0 Å². The molecule has 0 aromatic carbocycles. The van der Waals surface area contributed by atoms with Crippen molar-refractivity contribution in [3.8, 4) is 0 Å². The summed E-state index contributed by atoms with van der Waals surface area (Å²) in [6.45, 7) is 2.79. The molecular formula is C7H17N3O2. The molecule has 5 heteroatoms. The molecule has 5 nitrogen and oxygen atoms in total. The highest BCUT2D eigenvalue weighted by Crippen LogP contribution is 1.92. The van der Waals surface area contributed by atoms with E-state index in [9.17, 15) is 5.11 Å². The maximum atomic E-state index is 9.23. The van der Waals surface area contributed by atoms with Gasteiger partial charge < -0.3 is 21.4 Å². The third-order valence-electron chi connectivity index (χ3n) is 1.44. The van der Waals surface area contributed by atoms with Crippen LogP contribution in [0.3, 0.4) is 0 Å². The van der Waals surface area contributed by atoms with Gasteiger partial charge in [-0.25, -0.2) is 0 Å². The van der Waals surface area contributed by atoms with E-state index in [0.29, 0.717) is 13.1 Å². The number of nitrogens with one attached hydrogen (secondary N) is 1. The van der Waals surface area contributed by atoms with E-state index < -0.39 is 0 Å². The molecule has 0 rings (SSSR count). The molecule has 0 aliphatic carbocycles. The predicted molar refractivity (Wildman–Crippen MR) is 47.2 cm³/mol. The lowest BCUT2D eigenvalue weighted by molar-refractivity contribution is 0.162. The van der Waals surface area contributed by atoms with Crippen molar-refractivity contribution in [1.29, 1.82) is 0 Å². The molecule has 0 aromatic rings. The fraction of sp³-hybridized carbons (Fsp3) is 0.857. The molecule has 0 aliphatic heterocycles. The second kappa shape index (κ2) is 6.87. The van der Waals surface area contributed by atoms with Gasteiger partial charge in [-0.15, -0.1) is 0 Å². The van der Waals surface area contributed by atoms with E-state index >= 15 is 0 Å². The van der Waals surface area contributed by atoms with Gasteiger partial charge in [0.2, 0.25) is 0 Å². The molecule has 12 heavy (non-hydrogen) atoms. The SMILES string of the molecule is CCCC(O)CNCC(N)=NO. The summed E-state index contributed by atoms with van der Waals surface area (Å²) in [5.74, 6) is 0.124. The minimum Gasteiger partial charge on any atom is -0.409 e. The normalized spacial score (nSPS) is 14.7. The van der Waals surface area contributed by atoms with Crippen LogP contribution in [0.4, 0.5) is 0 Å². The lowest BCUT2D eigenvalue weighted by Gasteiger charge is -2.09. The molecule has 0 aliphatic rings. The van der Waals surface area contributed by atoms with Crippen LogP contribution in [0.5, 0.6) is 0 Å². The molecule has 0 saturated carbocycles. The molecular weight excluding hydrogens is 158 g/mol. The summed E-state index contributed by atoms with van der Waals surface area (Å²) in [5.41, 5.74) is 5.19. The van der Waals surface area contributed by atoms with Gasteiger partial charge in [0.15, 0.2) is 5.84 Å². The fourth-order valence-electron chi connectivity index (χ4n) is 0.837. The molecule has 0 fully saturated rings. The molecule has 0 bridgehead atoms. The van der Waals surface area contributed by atoms with Gasteiger partial charge in [-0.2, -0.15) is 0 Å². The molecule has 0 radical (unpaired) electrons. The third-order valence-corrected chi connectivity index (χ3v) is 1.44. The van der Waals surface area contributed by atoms with Crippen molar-refractivity contribution in [3.05, 3.63) is 0 Å². The van der Waals surface area contributed by atoms with Crippen LogP contribution in [0, 0.1) is 0 Å². The van der Waals surface area contributed by atoms with Crippen LogP contribution >= 0.6 is 0 Å². The van der Waals surface area contributed by atoms with E-state index in [1.165, 1.54) is 0 Å². The van der Waals surface area contributed by atoms with Gasteiger partial charge in [-0.1, -0.05) is 18.5 Å². The first-order chi connectivity index (χ1) is 5.70. The number of nitrogens with zero attached hydrogens (tertiary/aromatic N) is 1. The monoisotopic (exact) mass is 175 g/mol. The van der Waals surface area contributed by atoms with Crippen LogP contribution in [0.15, 0.2) is 5.16 Å². The van der Waals surface area contributed by atoms with Crippen molar-refractivity contribution < 1.29 is 10.3 Å². The van der Waals surface area contributed by atoms with Crippen molar-refractivity contribution in [2.75, 3.05) is 13.1 Å². The van der Waals surface area contributed by atoms with E-state index in [-0.39, 0.29) is 11.9 Å². The highest BCUT2D eigenvalue weighted by Gasteiger charge is 2.01. The number of aliphatic hydroxyl groups excluding tert-OH is 1. The number of rotatable bonds is 6. The summed E-state index contributed by atoms with van der Waals surface area (Å²) in [7, 11) is 0. The largest absolute Gasteiger partial charge is 0.409 e. The number of hydrogen-bond donors (Lipinski definition) is 4. The van der Waals surface area contributed by atoms with E-state index in [2.05, 4.69) is 10.5 Å². The van der Waals surface area contributed by atoms with Crippen molar-refractivity contribution >= 4 is 5.84 Å². The Balaban J connectivity index is 3.30. The second-order valence-electron chi connectivity index (χ2n) is 2.66. The smallest absolute Gasteiger partial charge is 0.153 e. The molecule has 72 valence electrons. The zero-order valence-electron chi connectivity index (χ0n) is 7.32. The van der Waals surface area contributed by atoms with Gasteiger partial charge >= 0.3 is 0 Å². The summed E-state index contributed by atoms with van der Waals surface area (Å²) < 4.78 is 0. The van der Waals surface area contributed by atoms with Gasteiger partial charge in [0.05, 0.1) is 12.6 Å². The van der Waals surface area contributed by atoms with Crippen LogP contribution in [0.1, 0.15) is 19.8 Å². The first kappa shape index (κ1) is 11.2. The highest BCUT2D eigenvalue weighted by molar-refractivity contribution is 5.81. The lowest BCUT2D eigenvalue weighted by Crippen LogP contribution is -2.34. The molecule has 0 aromatic heterocycles. The molecule has 5 N–H and O–H groups in total.